The third-order valence-electron chi connectivity index (χ3n) is 5.15. The van der Waals surface area contributed by atoms with Crippen LogP contribution >= 0.6 is 0 Å². The van der Waals surface area contributed by atoms with Crippen molar-refractivity contribution in [2.75, 3.05) is 0 Å². The van der Waals surface area contributed by atoms with E-state index in [1.165, 1.54) is 16.7 Å². The predicted molar refractivity (Wildman–Crippen MR) is 124 cm³/mol. The normalized spacial score (nSPS) is 20.2. The number of H-pyrrole nitrogens is 2. The quantitative estimate of drug-likeness (QED) is 0.793. The SMILES string of the molecule is CC=c1cc(C)c(=CC2=NC(=Cc3cc(C)c(C=C4C=C(C)C=N4)[nH]3)C(C)=C2)[nH]1. The van der Waals surface area contributed by atoms with E-state index in [9.17, 15) is 0 Å². The van der Waals surface area contributed by atoms with Crippen LogP contribution in [0.4, 0.5) is 0 Å². The number of rotatable bonds is 3. The van der Waals surface area contributed by atoms with Crippen LogP contribution in [0.15, 0.2) is 56.8 Å². The van der Waals surface area contributed by atoms with Gasteiger partial charge in [-0.05, 0) is 99.4 Å². The Morgan fingerprint density at radius 2 is 1.72 bits per heavy atom. The van der Waals surface area contributed by atoms with Crippen molar-refractivity contribution in [1.29, 1.82) is 0 Å². The fourth-order valence-corrected chi connectivity index (χ4v) is 3.52. The van der Waals surface area contributed by atoms with Crippen molar-refractivity contribution in [2.24, 2.45) is 9.98 Å². The van der Waals surface area contributed by atoms with E-state index in [1.807, 2.05) is 13.1 Å². The zero-order valence-corrected chi connectivity index (χ0v) is 17.6. The molecule has 4 heterocycles. The molecule has 0 amide bonds. The van der Waals surface area contributed by atoms with Crippen molar-refractivity contribution in [3.63, 3.8) is 0 Å². The summed E-state index contributed by atoms with van der Waals surface area (Å²) in [5.41, 5.74) is 9.80. The van der Waals surface area contributed by atoms with Crippen LogP contribution in [0.1, 0.15) is 43.3 Å². The molecule has 4 nitrogen and oxygen atoms in total. The molecule has 2 aliphatic rings. The smallest absolute Gasteiger partial charge is 0.0687 e. The monoisotopic (exact) mass is 382 g/mol. The molecular formula is C25H26N4. The van der Waals surface area contributed by atoms with E-state index in [4.69, 9.17) is 4.99 Å². The van der Waals surface area contributed by atoms with Crippen LogP contribution in [-0.4, -0.2) is 21.9 Å². The summed E-state index contributed by atoms with van der Waals surface area (Å²) in [6.45, 7) is 10.4. The first-order chi connectivity index (χ1) is 13.9. The van der Waals surface area contributed by atoms with Gasteiger partial charge in [0.05, 0.1) is 17.1 Å². The standard InChI is InChI=1S/C25H26N4/c1-6-19-8-16(3)24(27-19)12-21-10-18(5)25(29-21)13-22-9-17(4)23(28-22)11-20-7-15(2)14-26-20/h6-14,27-28H,1-5H3. The summed E-state index contributed by atoms with van der Waals surface area (Å²) >= 11 is 0. The molecule has 0 atom stereocenters. The molecule has 0 aromatic carbocycles. The third kappa shape index (κ3) is 4.06. The van der Waals surface area contributed by atoms with Gasteiger partial charge in [-0.15, -0.1) is 0 Å². The van der Waals surface area contributed by atoms with Crippen LogP contribution < -0.4 is 10.7 Å². The van der Waals surface area contributed by atoms with Crippen molar-refractivity contribution < 1.29 is 0 Å². The molecule has 0 radical (unpaired) electrons. The predicted octanol–water partition coefficient (Wildman–Crippen LogP) is 4.35. The Balaban J connectivity index is 1.64. The number of aromatic nitrogens is 2. The Morgan fingerprint density at radius 1 is 0.897 bits per heavy atom. The van der Waals surface area contributed by atoms with Crippen molar-refractivity contribution in [3.05, 3.63) is 80.0 Å². The molecule has 4 rings (SSSR count). The van der Waals surface area contributed by atoms with Gasteiger partial charge in [-0.3, -0.25) is 4.99 Å². The summed E-state index contributed by atoms with van der Waals surface area (Å²) in [7, 11) is 0. The van der Waals surface area contributed by atoms with E-state index in [1.54, 1.807) is 0 Å². The van der Waals surface area contributed by atoms with E-state index in [-0.39, 0.29) is 0 Å². The molecule has 0 bridgehead atoms. The Bertz CT molecular complexity index is 1280. The number of hydrogen-bond acceptors (Lipinski definition) is 2. The number of allylic oxidation sites excluding steroid dienone is 4. The molecule has 0 saturated carbocycles. The highest BCUT2D eigenvalue weighted by Gasteiger charge is 2.11. The van der Waals surface area contributed by atoms with Crippen LogP contribution in [0, 0.1) is 13.8 Å². The minimum absolute atomic E-state index is 0.966. The van der Waals surface area contributed by atoms with Crippen molar-refractivity contribution >= 4 is 36.2 Å². The summed E-state index contributed by atoms with van der Waals surface area (Å²) in [4.78, 5) is 16.1. The zero-order valence-electron chi connectivity index (χ0n) is 17.6. The van der Waals surface area contributed by atoms with Crippen LogP contribution in [0.5, 0.6) is 0 Å². The average Bonchev–Trinajstić information content (AvgIpc) is 3.41. The molecule has 0 spiro atoms. The highest BCUT2D eigenvalue weighted by atomic mass is 14.8. The molecular weight excluding hydrogens is 356 g/mol. The highest BCUT2D eigenvalue weighted by Crippen LogP contribution is 2.24. The fraction of sp³-hybridized carbons (Fsp3) is 0.200. The lowest BCUT2D eigenvalue weighted by atomic mass is 10.2. The number of aromatic amines is 2. The number of aryl methyl sites for hydroxylation is 2. The van der Waals surface area contributed by atoms with Crippen molar-refractivity contribution in [2.45, 2.75) is 34.6 Å². The molecule has 29 heavy (non-hydrogen) atoms. The lowest BCUT2D eigenvalue weighted by Crippen LogP contribution is -2.11. The van der Waals surface area contributed by atoms with Crippen molar-refractivity contribution in [3.8, 4) is 0 Å². The molecule has 2 aliphatic heterocycles. The van der Waals surface area contributed by atoms with Gasteiger partial charge >= 0.3 is 0 Å². The molecule has 146 valence electrons. The summed E-state index contributed by atoms with van der Waals surface area (Å²) in [6.07, 6.45) is 14.5. The molecule has 0 fully saturated rings. The molecule has 4 heteroatoms. The summed E-state index contributed by atoms with van der Waals surface area (Å²) < 4.78 is 0. The molecule has 0 saturated heterocycles. The van der Waals surface area contributed by atoms with E-state index in [0.29, 0.717) is 0 Å². The summed E-state index contributed by atoms with van der Waals surface area (Å²) in [5.74, 6) is 0. The van der Waals surface area contributed by atoms with Gasteiger partial charge in [0, 0.05) is 28.3 Å². The van der Waals surface area contributed by atoms with Crippen LogP contribution in [0.3, 0.4) is 0 Å². The molecule has 2 N–H and O–H groups in total. The van der Waals surface area contributed by atoms with E-state index in [0.717, 1.165) is 44.8 Å². The second-order valence-electron chi connectivity index (χ2n) is 7.69. The third-order valence-corrected chi connectivity index (χ3v) is 5.15. The molecule has 0 unspecified atom stereocenters. The van der Waals surface area contributed by atoms with E-state index >= 15 is 0 Å². The first-order valence-electron chi connectivity index (χ1n) is 9.88. The number of aliphatic imine (C=N–C) groups is 2. The maximum atomic E-state index is 4.82. The van der Waals surface area contributed by atoms with Crippen molar-refractivity contribution in [1.82, 2.24) is 9.97 Å². The highest BCUT2D eigenvalue weighted by molar-refractivity contribution is 6.20. The number of nitrogens with zero attached hydrogens (tertiary/aromatic N) is 2. The van der Waals surface area contributed by atoms with Gasteiger partial charge in [-0.1, -0.05) is 6.08 Å². The first-order valence-corrected chi connectivity index (χ1v) is 9.88. The summed E-state index contributed by atoms with van der Waals surface area (Å²) in [6, 6.07) is 4.30. The van der Waals surface area contributed by atoms with Gasteiger partial charge in [0.25, 0.3) is 0 Å². The largest absolute Gasteiger partial charge is 0.356 e. The Labute approximate surface area is 171 Å². The second kappa shape index (κ2) is 7.55. The minimum atomic E-state index is 0.966. The number of nitrogens with one attached hydrogen (secondary N) is 2. The number of hydrogen-bond donors (Lipinski definition) is 2. The van der Waals surface area contributed by atoms with Crippen LogP contribution in [-0.2, 0) is 0 Å². The summed E-state index contributed by atoms with van der Waals surface area (Å²) in [5, 5.41) is 2.23. The first kappa shape index (κ1) is 18.9. The molecule has 0 aliphatic carbocycles. The van der Waals surface area contributed by atoms with Gasteiger partial charge in [-0.25, -0.2) is 4.99 Å². The van der Waals surface area contributed by atoms with Gasteiger partial charge in [0.1, 0.15) is 0 Å². The molecule has 2 aromatic heterocycles. The van der Waals surface area contributed by atoms with E-state index in [2.05, 4.69) is 91.2 Å². The van der Waals surface area contributed by atoms with Gasteiger partial charge in [0.2, 0.25) is 0 Å². The zero-order chi connectivity index (χ0) is 20.5. The Morgan fingerprint density at radius 3 is 2.41 bits per heavy atom. The van der Waals surface area contributed by atoms with Crippen LogP contribution in [0.25, 0.3) is 24.3 Å². The Kier molecular flexibility index (Phi) is 4.93. The Hall–Kier alpha value is -3.40. The topological polar surface area (TPSA) is 56.3 Å². The van der Waals surface area contributed by atoms with Crippen LogP contribution in [0.2, 0.25) is 0 Å². The molecule has 2 aromatic rings. The second-order valence-corrected chi connectivity index (χ2v) is 7.69. The minimum Gasteiger partial charge on any atom is -0.356 e. The van der Waals surface area contributed by atoms with E-state index < -0.39 is 0 Å². The maximum absolute atomic E-state index is 4.82. The lowest BCUT2D eigenvalue weighted by Gasteiger charge is -1.95. The lowest BCUT2D eigenvalue weighted by molar-refractivity contribution is 1.25. The van der Waals surface area contributed by atoms with Gasteiger partial charge in [-0.2, -0.15) is 0 Å². The average molecular weight is 383 g/mol. The maximum Gasteiger partial charge on any atom is 0.0687 e. The fourth-order valence-electron chi connectivity index (χ4n) is 3.52. The van der Waals surface area contributed by atoms with Gasteiger partial charge in [0.15, 0.2) is 0 Å². The van der Waals surface area contributed by atoms with Gasteiger partial charge < -0.3 is 9.97 Å².